The van der Waals surface area contributed by atoms with Crippen LogP contribution in [0.1, 0.15) is 54.4 Å². The van der Waals surface area contributed by atoms with Crippen molar-refractivity contribution in [1.29, 1.82) is 0 Å². The van der Waals surface area contributed by atoms with E-state index >= 15 is 0 Å². The van der Waals surface area contributed by atoms with Crippen molar-refractivity contribution in [2.75, 3.05) is 39.5 Å². The summed E-state index contributed by atoms with van der Waals surface area (Å²) in [5.74, 6) is 0.0870. The Morgan fingerprint density at radius 3 is 1.75 bits per heavy atom. The number of carbonyl (C=O) groups excluding carboxylic acids is 2. The monoisotopic (exact) mass is 344 g/mol. The predicted octanol–water partition coefficient (Wildman–Crippen LogP) is 2.12. The fourth-order valence-electron chi connectivity index (χ4n) is 1.66. The molecule has 0 aromatic heterocycles. The van der Waals surface area contributed by atoms with Gasteiger partial charge in [-0.25, -0.2) is 0 Å². The van der Waals surface area contributed by atoms with Gasteiger partial charge in [0, 0.05) is 24.9 Å². The second kappa shape index (κ2) is 11.4. The topological polar surface area (TPSA) is 76.7 Å². The summed E-state index contributed by atoms with van der Waals surface area (Å²) >= 11 is 0. The third kappa shape index (κ3) is 14.5. The molecule has 2 amide bonds. The molecule has 24 heavy (non-hydrogen) atoms. The van der Waals surface area contributed by atoms with E-state index in [1.807, 2.05) is 20.8 Å². The Morgan fingerprint density at radius 1 is 0.792 bits per heavy atom. The normalized spacial score (nSPS) is 12.1. The molecule has 0 aliphatic heterocycles. The van der Waals surface area contributed by atoms with Crippen LogP contribution in [-0.2, 0) is 19.1 Å². The summed E-state index contributed by atoms with van der Waals surface area (Å²) in [6, 6.07) is 0. The third-order valence-corrected chi connectivity index (χ3v) is 3.26. The van der Waals surface area contributed by atoms with Crippen LogP contribution < -0.4 is 10.6 Å². The molecule has 0 atom stereocenters. The van der Waals surface area contributed by atoms with E-state index in [2.05, 4.69) is 31.4 Å². The molecule has 142 valence electrons. The number of nitrogens with one attached hydrogen (secondary N) is 2. The summed E-state index contributed by atoms with van der Waals surface area (Å²) in [5, 5.41) is 5.66. The summed E-state index contributed by atoms with van der Waals surface area (Å²) in [5.41, 5.74) is -0.196. The fourth-order valence-corrected chi connectivity index (χ4v) is 1.66. The van der Waals surface area contributed by atoms with Crippen molar-refractivity contribution in [2.45, 2.75) is 54.4 Å². The zero-order valence-electron chi connectivity index (χ0n) is 16.3. The molecule has 2 N–H and O–H groups in total. The van der Waals surface area contributed by atoms with Crippen molar-refractivity contribution in [2.24, 2.45) is 10.8 Å². The minimum Gasteiger partial charge on any atom is -0.377 e. The Kier molecular flexibility index (Phi) is 10.9. The summed E-state index contributed by atoms with van der Waals surface area (Å²) in [6.07, 6.45) is 1.42. The summed E-state index contributed by atoms with van der Waals surface area (Å²) in [6.45, 7) is 14.9. The largest absolute Gasteiger partial charge is 0.377 e. The summed E-state index contributed by atoms with van der Waals surface area (Å²) in [4.78, 5) is 23.2. The lowest BCUT2D eigenvalue weighted by molar-refractivity contribution is -0.128. The quantitative estimate of drug-likeness (QED) is 0.563. The second-order valence-electron chi connectivity index (χ2n) is 8.14. The van der Waals surface area contributed by atoms with E-state index < -0.39 is 0 Å². The van der Waals surface area contributed by atoms with Crippen molar-refractivity contribution < 1.29 is 19.1 Å². The third-order valence-electron chi connectivity index (χ3n) is 3.26. The maximum atomic E-state index is 11.6. The van der Waals surface area contributed by atoms with Gasteiger partial charge in [-0.05, 0) is 11.8 Å². The van der Waals surface area contributed by atoms with Gasteiger partial charge in [0.05, 0.1) is 26.4 Å². The molecule has 0 radical (unpaired) electrons. The fraction of sp³-hybridized carbons (Fsp3) is 0.889. The second-order valence-corrected chi connectivity index (χ2v) is 8.14. The van der Waals surface area contributed by atoms with E-state index in [0.717, 1.165) is 6.42 Å². The van der Waals surface area contributed by atoms with Crippen molar-refractivity contribution in [3.05, 3.63) is 0 Å². The highest BCUT2D eigenvalue weighted by Gasteiger charge is 2.20. The van der Waals surface area contributed by atoms with Crippen LogP contribution in [-0.4, -0.2) is 51.3 Å². The van der Waals surface area contributed by atoms with Crippen LogP contribution >= 0.6 is 0 Å². The lowest BCUT2D eigenvalue weighted by Gasteiger charge is -2.17. The average molecular weight is 344 g/mol. The van der Waals surface area contributed by atoms with Gasteiger partial charge in [-0.1, -0.05) is 41.5 Å². The molecule has 0 rings (SSSR count). The minimum atomic E-state index is -0.375. The van der Waals surface area contributed by atoms with Gasteiger partial charge in [0.1, 0.15) is 0 Å². The molecule has 0 bridgehead atoms. The predicted molar refractivity (Wildman–Crippen MR) is 95.8 cm³/mol. The molecule has 0 spiro atoms. The van der Waals surface area contributed by atoms with Gasteiger partial charge in [0.25, 0.3) is 0 Å². The summed E-state index contributed by atoms with van der Waals surface area (Å²) < 4.78 is 10.8. The van der Waals surface area contributed by atoms with Crippen LogP contribution in [0.2, 0.25) is 0 Å². The van der Waals surface area contributed by atoms with Crippen LogP contribution in [0, 0.1) is 10.8 Å². The van der Waals surface area contributed by atoms with Crippen molar-refractivity contribution >= 4 is 11.8 Å². The van der Waals surface area contributed by atoms with Crippen LogP contribution in [0.5, 0.6) is 0 Å². The maximum absolute atomic E-state index is 11.6. The van der Waals surface area contributed by atoms with Gasteiger partial charge in [-0.15, -0.1) is 0 Å². The van der Waals surface area contributed by atoms with Gasteiger partial charge >= 0.3 is 0 Å². The highest BCUT2D eigenvalue weighted by atomic mass is 16.5. The molecule has 6 nitrogen and oxygen atoms in total. The standard InChI is InChI=1S/C18H36N2O4/c1-17(2,3)8-7-15(21)19-9-11-23-13-14-24-12-10-20-16(22)18(4,5)6/h7-14H2,1-6H3,(H,19,21)(H,20,22). The molecule has 0 aromatic rings. The van der Waals surface area contributed by atoms with E-state index in [0.29, 0.717) is 45.9 Å². The van der Waals surface area contributed by atoms with E-state index in [4.69, 9.17) is 9.47 Å². The molecule has 0 aromatic carbocycles. The van der Waals surface area contributed by atoms with E-state index in [1.54, 1.807) is 0 Å². The highest BCUT2D eigenvalue weighted by molar-refractivity contribution is 5.81. The first kappa shape index (κ1) is 22.9. The van der Waals surface area contributed by atoms with Crippen LogP contribution in [0.4, 0.5) is 0 Å². The highest BCUT2D eigenvalue weighted by Crippen LogP contribution is 2.20. The van der Waals surface area contributed by atoms with Gasteiger partial charge < -0.3 is 20.1 Å². The lowest BCUT2D eigenvalue weighted by atomic mass is 9.90. The van der Waals surface area contributed by atoms with Crippen LogP contribution in [0.25, 0.3) is 0 Å². The molecule has 0 heterocycles. The number of ether oxygens (including phenoxy) is 2. The van der Waals surface area contributed by atoms with Gasteiger partial charge in [-0.3, -0.25) is 9.59 Å². The van der Waals surface area contributed by atoms with E-state index in [-0.39, 0.29) is 22.6 Å². The van der Waals surface area contributed by atoms with Crippen LogP contribution in [0.15, 0.2) is 0 Å². The smallest absolute Gasteiger partial charge is 0.225 e. The Balaban J connectivity index is 3.37. The molecule has 0 aliphatic carbocycles. The van der Waals surface area contributed by atoms with Crippen LogP contribution in [0.3, 0.4) is 0 Å². The first-order chi connectivity index (χ1) is 11.0. The molecule has 0 saturated heterocycles. The molecular weight excluding hydrogens is 308 g/mol. The zero-order valence-corrected chi connectivity index (χ0v) is 16.3. The molecular formula is C18H36N2O4. The van der Waals surface area contributed by atoms with Gasteiger partial charge in [0.2, 0.25) is 11.8 Å². The Bertz CT molecular complexity index is 370. The Hall–Kier alpha value is -1.14. The zero-order chi connectivity index (χ0) is 18.6. The Labute approximate surface area is 147 Å². The average Bonchev–Trinajstić information content (AvgIpc) is 2.45. The SMILES string of the molecule is CC(C)(C)CCC(=O)NCCOCCOCCNC(=O)C(C)(C)C. The molecule has 0 fully saturated rings. The number of hydrogen-bond donors (Lipinski definition) is 2. The first-order valence-electron chi connectivity index (χ1n) is 8.73. The maximum Gasteiger partial charge on any atom is 0.225 e. The number of rotatable bonds is 11. The molecule has 0 unspecified atom stereocenters. The molecule has 0 saturated carbocycles. The first-order valence-corrected chi connectivity index (χ1v) is 8.73. The van der Waals surface area contributed by atoms with E-state index in [9.17, 15) is 9.59 Å². The number of carbonyl (C=O) groups is 2. The van der Waals surface area contributed by atoms with Gasteiger partial charge in [0.15, 0.2) is 0 Å². The molecule has 6 heteroatoms. The number of hydrogen-bond acceptors (Lipinski definition) is 4. The molecule has 0 aliphatic rings. The van der Waals surface area contributed by atoms with Gasteiger partial charge in [-0.2, -0.15) is 0 Å². The lowest BCUT2D eigenvalue weighted by Crippen LogP contribution is -2.36. The van der Waals surface area contributed by atoms with Crippen molar-refractivity contribution in [1.82, 2.24) is 10.6 Å². The Morgan fingerprint density at radius 2 is 1.29 bits per heavy atom. The summed E-state index contributed by atoms with van der Waals surface area (Å²) in [7, 11) is 0. The van der Waals surface area contributed by atoms with Crippen molar-refractivity contribution in [3.63, 3.8) is 0 Å². The van der Waals surface area contributed by atoms with Crippen molar-refractivity contribution in [3.8, 4) is 0 Å². The number of amides is 2. The minimum absolute atomic E-state index is 0.0181. The van der Waals surface area contributed by atoms with E-state index in [1.165, 1.54) is 0 Å².